The van der Waals surface area contributed by atoms with E-state index in [0.29, 0.717) is 37.7 Å². The number of hydrogen-bond acceptors (Lipinski definition) is 6. The van der Waals surface area contributed by atoms with E-state index in [1.54, 1.807) is 21.7 Å². The summed E-state index contributed by atoms with van der Waals surface area (Å²) in [4.78, 5) is 26.8. The number of halogens is 1. The molecule has 1 N–H and O–H groups in total. The Hall–Kier alpha value is -3.36. The van der Waals surface area contributed by atoms with Crippen LogP contribution in [0.5, 0.6) is 0 Å². The highest BCUT2D eigenvalue weighted by Gasteiger charge is 2.22. The topological polar surface area (TPSA) is 85.7 Å². The number of rotatable bonds is 10. The van der Waals surface area contributed by atoms with Gasteiger partial charge in [0.15, 0.2) is 5.69 Å². The molecule has 0 saturated heterocycles. The molecule has 1 heterocycles. The molecule has 0 fully saturated rings. The lowest BCUT2D eigenvalue weighted by molar-refractivity contribution is 0.0235. The summed E-state index contributed by atoms with van der Waals surface area (Å²) >= 11 is 6.00. The summed E-state index contributed by atoms with van der Waals surface area (Å²) in [6, 6.07) is 17.2. The van der Waals surface area contributed by atoms with Gasteiger partial charge in [-0.15, -0.1) is 0 Å². The third-order valence-electron chi connectivity index (χ3n) is 5.22. The average molecular weight is 513 g/mol. The van der Waals surface area contributed by atoms with Crippen molar-refractivity contribution in [2.24, 2.45) is 0 Å². The van der Waals surface area contributed by atoms with Crippen molar-refractivity contribution < 1.29 is 19.1 Å². The van der Waals surface area contributed by atoms with Crippen LogP contribution in [0.1, 0.15) is 48.0 Å². The highest BCUT2D eigenvalue weighted by Crippen LogP contribution is 2.15. The highest BCUT2D eigenvalue weighted by atomic mass is 35.5. The number of ether oxygens (including phenoxy) is 2. The molecule has 0 atom stereocenters. The number of aromatic nitrogens is 2. The number of nitrogens with one attached hydrogen (secondary N) is 1. The van der Waals surface area contributed by atoms with Crippen molar-refractivity contribution >= 4 is 23.7 Å². The zero-order valence-corrected chi connectivity index (χ0v) is 21.9. The minimum absolute atomic E-state index is 0.270. The minimum atomic E-state index is -0.606. The zero-order chi connectivity index (χ0) is 26.1. The second kappa shape index (κ2) is 12.6. The molecule has 1 aromatic heterocycles. The fourth-order valence-electron chi connectivity index (χ4n) is 3.52. The molecule has 0 spiro atoms. The van der Waals surface area contributed by atoms with Crippen molar-refractivity contribution in [1.82, 2.24) is 20.0 Å². The lowest BCUT2D eigenvalue weighted by Gasteiger charge is -2.27. The van der Waals surface area contributed by atoms with Crippen LogP contribution < -0.4 is 5.32 Å². The molecule has 192 valence electrons. The van der Waals surface area contributed by atoms with Gasteiger partial charge in [-0.25, -0.2) is 9.59 Å². The normalized spacial score (nSPS) is 11.2. The van der Waals surface area contributed by atoms with Gasteiger partial charge in [0.1, 0.15) is 5.60 Å². The van der Waals surface area contributed by atoms with Gasteiger partial charge in [0.05, 0.1) is 13.7 Å². The molecular formula is C27H33ClN4O4. The van der Waals surface area contributed by atoms with E-state index in [9.17, 15) is 9.59 Å². The molecule has 2 aromatic carbocycles. The van der Waals surface area contributed by atoms with Crippen LogP contribution in [0.25, 0.3) is 0 Å². The summed E-state index contributed by atoms with van der Waals surface area (Å²) < 4.78 is 12.2. The van der Waals surface area contributed by atoms with Crippen molar-refractivity contribution in [1.29, 1.82) is 0 Å². The first-order valence-corrected chi connectivity index (χ1v) is 12.1. The minimum Gasteiger partial charge on any atom is -0.464 e. The van der Waals surface area contributed by atoms with Gasteiger partial charge in [0.25, 0.3) is 0 Å². The van der Waals surface area contributed by atoms with Crippen LogP contribution in [0.3, 0.4) is 0 Å². The van der Waals surface area contributed by atoms with E-state index in [0.717, 1.165) is 16.7 Å². The third kappa shape index (κ3) is 8.39. The third-order valence-corrected chi connectivity index (χ3v) is 5.47. The van der Waals surface area contributed by atoms with E-state index >= 15 is 0 Å². The Bertz CT molecular complexity index is 1140. The fraction of sp³-hybridized carbons (Fsp3) is 0.370. The highest BCUT2D eigenvalue weighted by molar-refractivity contribution is 6.30. The van der Waals surface area contributed by atoms with Gasteiger partial charge in [-0.2, -0.15) is 5.10 Å². The second-order valence-corrected chi connectivity index (χ2v) is 9.82. The number of carbonyl (C=O) groups is 2. The van der Waals surface area contributed by atoms with E-state index < -0.39 is 17.7 Å². The standard InChI is InChI=1S/C27H33ClN4O4/c1-27(2,3)36-26(34)31(17-21-10-12-23(28)13-11-21)15-14-29-16-22-19-32(30-24(22)25(33)35-4)18-20-8-6-5-7-9-20/h5-13,19,29H,14-18H2,1-4H3. The lowest BCUT2D eigenvalue weighted by Crippen LogP contribution is -2.40. The van der Waals surface area contributed by atoms with E-state index in [2.05, 4.69) is 10.4 Å². The molecule has 0 radical (unpaired) electrons. The quantitative estimate of drug-likeness (QED) is 0.307. The second-order valence-electron chi connectivity index (χ2n) is 9.38. The van der Waals surface area contributed by atoms with Crippen LogP contribution >= 0.6 is 11.6 Å². The van der Waals surface area contributed by atoms with Gasteiger partial charge in [0.2, 0.25) is 0 Å². The fourth-order valence-corrected chi connectivity index (χ4v) is 3.65. The van der Waals surface area contributed by atoms with Gasteiger partial charge >= 0.3 is 12.1 Å². The molecule has 0 saturated carbocycles. The molecular weight excluding hydrogens is 480 g/mol. The Kier molecular flexibility index (Phi) is 9.50. The summed E-state index contributed by atoms with van der Waals surface area (Å²) in [5.41, 5.74) is 2.41. The van der Waals surface area contributed by atoms with Gasteiger partial charge in [-0.05, 0) is 44.0 Å². The van der Waals surface area contributed by atoms with Crippen molar-refractivity contribution in [3.05, 3.63) is 88.2 Å². The number of esters is 1. The summed E-state index contributed by atoms with van der Waals surface area (Å²) in [5.74, 6) is -0.489. The largest absolute Gasteiger partial charge is 0.464 e. The smallest absolute Gasteiger partial charge is 0.410 e. The van der Waals surface area contributed by atoms with E-state index in [4.69, 9.17) is 21.1 Å². The Morgan fingerprint density at radius 2 is 1.75 bits per heavy atom. The number of benzene rings is 2. The molecule has 3 aromatic rings. The maximum Gasteiger partial charge on any atom is 0.410 e. The number of nitrogens with zero attached hydrogens (tertiary/aromatic N) is 3. The van der Waals surface area contributed by atoms with Crippen molar-refractivity contribution in [3.63, 3.8) is 0 Å². The number of carbonyl (C=O) groups excluding carboxylic acids is 2. The molecule has 36 heavy (non-hydrogen) atoms. The molecule has 0 aliphatic heterocycles. The SMILES string of the molecule is COC(=O)c1nn(Cc2ccccc2)cc1CNCCN(Cc1ccc(Cl)cc1)C(=O)OC(C)(C)C. The maximum atomic E-state index is 12.8. The Balaban J connectivity index is 1.64. The van der Waals surface area contributed by atoms with Crippen LogP contribution in [0.4, 0.5) is 4.79 Å². The van der Waals surface area contributed by atoms with Crippen LogP contribution in [-0.4, -0.2) is 52.5 Å². The first kappa shape index (κ1) is 27.2. The van der Waals surface area contributed by atoms with Gasteiger partial charge in [-0.1, -0.05) is 54.1 Å². The number of methoxy groups -OCH3 is 1. The summed E-state index contributed by atoms with van der Waals surface area (Å²) in [6.45, 7) is 7.72. The molecule has 8 nitrogen and oxygen atoms in total. The lowest BCUT2D eigenvalue weighted by atomic mass is 10.2. The van der Waals surface area contributed by atoms with Crippen molar-refractivity contribution in [2.75, 3.05) is 20.2 Å². The van der Waals surface area contributed by atoms with Crippen LogP contribution in [-0.2, 0) is 29.1 Å². The first-order chi connectivity index (χ1) is 17.1. The van der Waals surface area contributed by atoms with Crippen LogP contribution in [0.15, 0.2) is 60.8 Å². The van der Waals surface area contributed by atoms with E-state index in [-0.39, 0.29) is 5.69 Å². The number of amides is 1. The number of hydrogen-bond donors (Lipinski definition) is 1. The van der Waals surface area contributed by atoms with Crippen LogP contribution in [0.2, 0.25) is 5.02 Å². The Morgan fingerprint density at radius 1 is 1.06 bits per heavy atom. The zero-order valence-electron chi connectivity index (χ0n) is 21.2. The van der Waals surface area contributed by atoms with Gasteiger partial charge in [0, 0.05) is 43.0 Å². The van der Waals surface area contributed by atoms with Crippen LogP contribution in [0, 0.1) is 0 Å². The molecule has 0 unspecified atom stereocenters. The summed E-state index contributed by atoms with van der Waals surface area (Å²) in [7, 11) is 1.34. The summed E-state index contributed by atoms with van der Waals surface area (Å²) in [6.07, 6.45) is 1.44. The maximum absolute atomic E-state index is 12.8. The predicted octanol–water partition coefficient (Wildman–Crippen LogP) is 4.90. The first-order valence-electron chi connectivity index (χ1n) is 11.8. The molecule has 3 rings (SSSR count). The average Bonchev–Trinajstić information content (AvgIpc) is 3.23. The van der Waals surface area contributed by atoms with Crippen molar-refractivity contribution in [3.8, 4) is 0 Å². The molecule has 1 amide bonds. The van der Waals surface area contributed by atoms with E-state index in [1.165, 1.54) is 7.11 Å². The van der Waals surface area contributed by atoms with E-state index in [1.807, 2.05) is 69.4 Å². The monoisotopic (exact) mass is 512 g/mol. The predicted molar refractivity (Wildman–Crippen MR) is 139 cm³/mol. The molecule has 0 aliphatic rings. The van der Waals surface area contributed by atoms with Gasteiger partial charge < -0.3 is 19.7 Å². The summed E-state index contributed by atoms with van der Waals surface area (Å²) in [5, 5.41) is 8.38. The Morgan fingerprint density at radius 3 is 2.39 bits per heavy atom. The Labute approximate surface area is 217 Å². The molecule has 0 aliphatic carbocycles. The van der Waals surface area contributed by atoms with Gasteiger partial charge in [-0.3, -0.25) is 4.68 Å². The molecule has 0 bridgehead atoms. The van der Waals surface area contributed by atoms with Crippen molar-refractivity contribution in [2.45, 2.75) is 46.0 Å². The molecule has 9 heteroatoms.